The molecule has 1 saturated heterocycles. The lowest BCUT2D eigenvalue weighted by Gasteiger charge is -2.33. The summed E-state index contributed by atoms with van der Waals surface area (Å²) in [5.41, 5.74) is 2.81. The van der Waals surface area contributed by atoms with Crippen LogP contribution in [0.2, 0.25) is 5.02 Å². The molecule has 0 radical (unpaired) electrons. The Bertz CT molecular complexity index is 1700. The number of nitrogens with zero attached hydrogens (tertiary/aromatic N) is 1. The second-order valence-corrected chi connectivity index (χ2v) is 14.6. The summed E-state index contributed by atoms with van der Waals surface area (Å²) in [4.78, 5) is 56.8. The largest absolute Gasteiger partial charge is 0.477 e. The fourth-order valence-electron chi connectivity index (χ4n) is 7.34. The van der Waals surface area contributed by atoms with Gasteiger partial charge >= 0.3 is 12.1 Å². The third-order valence-corrected chi connectivity index (χ3v) is 9.99. The second-order valence-electron chi connectivity index (χ2n) is 14.2. The highest BCUT2D eigenvalue weighted by Gasteiger charge is 2.45. The number of H-pyrrole nitrogens is 1. The Morgan fingerprint density at radius 3 is 2.43 bits per heavy atom. The number of aromatic nitrogens is 1. The van der Waals surface area contributed by atoms with Gasteiger partial charge in [-0.25, -0.2) is 9.59 Å². The lowest BCUT2D eigenvalue weighted by Crippen LogP contribution is -2.47. The maximum absolute atomic E-state index is 14.3. The van der Waals surface area contributed by atoms with Crippen LogP contribution < -0.4 is 10.6 Å². The van der Waals surface area contributed by atoms with E-state index in [9.17, 15) is 24.3 Å². The zero-order valence-corrected chi connectivity index (χ0v) is 27.9. The van der Waals surface area contributed by atoms with E-state index in [0.29, 0.717) is 39.6 Å². The molecule has 11 heteroatoms. The summed E-state index contributed by atoms with van der Waals surface area (Å²) in [5, 5.41) is 16.3. The van der Waals surface area contributed by atoms with Gasteiger partial charge < -0.3 is 30.4 Å². The molecule has 3 amide bonds. The van der Waals surface area contributed by atoms with Crippen molar-refractivity contribution in [1.29, 1.82) is 0 Å². The van der Waals surface area contributed by atoms with Crippen molar-refractivity contribution < 1.29 is 29.0 Å². The number of nitrogens with one attached hydrogen (secondary N) is 3. The summed E-state index contributed by atoms with van der Waals surface area (Å²) < 4.78 is 5.40. The van der Waals surface area contributed by atoms with Crippen molar-refractivity contribution >= 4 is 52.1 Å². The quantitative estimate of drug-likeness (QED) is 0.197. The normalized spacial score (nSPS) is 20.3. The summed E-state index contributed by atoms with van der Waals surface area (Å²) >= 11 is 6.82. The Balaban J connectivity index is 1.26. The molecule has 2 atom stereocenters. The number of hydrogen-bond acceptors (Lipinski definition) is 5. The van der Waals surface area contributed by atoms with Crippen LogP contribution in [0.1, 0.15) is 110 Å². The van der Waals surface area contributed by atoms with Crippen LogP contribution in [0.15, 0.2) is 36.4 Å². The zero-order chi connectivity index (χ0) is 33.5. The van der Waals surface area contributed by atoms with Crippen molar-refractivity contribution in [3.05, 3.63) is 63.8 Å². The van der Waals surface area contributed by atoms with Crippen LogP contribution in [0.3, 0.4) is 0 Å². The molecule has 250 valence electrons. The van der Waals surface area contributed by atoms with Gasteiger partial charge in [0, 0.05) is 40.3 Å². The van der Waals surface area contributed by atoms with Gasteiger partial charge in [0.15, 0.2) is 0 Å². The number of likely N-dealkylation sites (tertiary alicyclic amines) is 1. The number of carboxylic acid groups (broad SMARTS) is 1. The summed E-state index contributed by atoms with van der Waals surface area (Å²) in [6, 6.07) is 9.67. The van der Waals surface area contributed by atoms with Gasteiger partial charge in [-0.15, -0.1) is 0 Å². The summed E-state index contributed by atoms with van der Waals surface area (Å²) in [5.74, 6) is -0.885. The second kappa shape index (κ2) is 13.2. The molecular formula is C36H43ClN4O6. The highest BCUT2D eigenvalue weighted by atomic mass is 35.5. The number of fused-ring (bicyclic) bond motifs is 1. The number of aromatic carboxylic acids is 1. The average molecular weight is 663 g/mol. The molecule has 1 aliphatic heterocycles. The third kappa shape index (κ3) is 7.43. The Morgan fingerprint density at radius 2 is 1.74 bits per heavy atom. The van der Waals surface area contributed by atoms with Crippen LogP contribution in [0, 0.1) is 11.8 Å². The maximum Gasteiger partial charge on any atom is 0.407 e. The van der Waals surface area contributed by atoms with E-state index < -0.39 is 23.7 Å². The Kier molecular flexibility index (Phi) is 9.25. The van der Waals surface area contributed by atoms with Crippen LogP contribution in [0.5, 0.6) is 0 Å². The van der Waals surface area contributed by atoms with E-state index in [0.717, 1.165) is 56.1 Å². The Hall–Kier alpha value is -4.05. The van der Waals surface area contributed by atoms with Gasteiger partial charge in [0.05, 0.1) is 0 Å². The first-order valence-corrected chi connectivity index (χ1v) is 17.0. The first-order valence-electron chi connectivity index (χ1n) is 16.6. The van der Waals surface area contributed by atoms with E-state index in [1.54, 1.807) is 49.9 Å². The van der Waals surface area contributed by atoms with Crippen molar-refractivity contribution in [2.24, 2.45) is 11.8 Å². The predicted octanol–water partition coefficient (Wildman–Crippen LogP) is 7.47. The molecule has 2 saturated carbocycles. The number of benzene rings is 2. The summed E-state index contributed by atoms with van der Waals surface area (Å²) in [7, 11) is 0. The number of alkyl carbamates (subject to hydrolysis) is 1. The van der Waals surface area contributed by atoms with Crippen molar-refractivity contribution in [3.8, 4) is 0 Å². The number of carboxylic acids is 1. The van der Waals surface area contributed by atoms with Gasteiger partial charge in [-0.05, 0) is 105 Å². The lowest BCUT2D eigenvalue weighted by atomic mass is 9.76. The molecule has 3 aliphatic rings. The number of halogens is 1. The Morgan fingerprint density at radius 1 is 1.00 bits per heavy atom. The molecule has 2 aromatic carbocycles. The number of ether oxygens (including phenoxy) is 1. The molecule has 2 aliphatic carbocycles. The molecule has 2 heterocycles. The molecule has 3 fully saturated rings. The molecule has 4 N–H and O–H groups in total. The summed E-state index contributed by atoms with van der Waals surface area (Å²) in [6.07, 6.45) is 7.69. The number of rotatable bonds is 8. The molecule has 0 unspecified atom stereocenters. The fraction of sp³-hybridized carbons (Fsp3) is 0.500. The first-order chi connectivity index (χ1) is 22.4. The van der Waals surface area contributed by atoms with Crippen molar-refractivity contribution in [2.75, 3.05) is 11.9 Å². The van der Waals surface area contributed by atoms with Crippen LogP contribution >= 0.6 is 11.6 Å². The number of hydrogen-bond donors (Lipinski definition) is 4. The van der Waals surface area contributed by atoms with Gasteiger partial charge in [0.1, 0.15) is 17.3 Å². The minimum Gasteiger partial charge on any atom is -0.477 e. The number of carbonyl (C=O) groups excluding carboxylic acids is 3. The highest BCUT2D eigenvalue weighted by molar-refractivity contribution is 6.32. The first kappa shape index (κ1) is 32.9. The van der Waals surface area contributed by atoms with Gasteiger partial charge in [0.2, 0.25) is 5.91 Å². The lowest BCUT2D eigenvalue weighted by molar-refractivity contribution is -0.121. The SMILES string of the molecule is CC(C)(C)OC(=O)NCc1c(Cl)cc(C(=O)N2CC[C@@H](C3CCCCC3)[C@H]2C(=O)Nc2ccc3[nH]c(C(=O)O)cc3c2)cc1C1CC1. The standard InChI is InChI=1S/C36H43ClN4O6/c1-36(2,3)47-35(46)38-19-27-26(21-9-10-21)16-23(17-28(27)37)33(43)41-14-13-25(20-7-5-4-6-8-20)31(41)32(42)39-24-11-12-29-22(15-24)18-30(40-29)34(44)45/h11-12,15-18,20-21,25,31,40H,4-10,13-14,19H2,1-3H3,(H,38,46)(H,39,42)(H,44,45)/t25-,31-/m0/s1. The topological polar surface area (TPSA) is 141 Å². The van der Waals surface area contributed by atoms with E-state index in [1.807, 2.05) is 6.07 Å². The maximum atomic E-state index is 14.3. The Labute approximate surface area is 279 Å². The monoisotopic (exact) mass is 662 g/mol. The van der Waals surface area contributed by atoms with Crippen molar-refractivity contribution in [2.45, 2.75) is 96.2 Å². The van der Waals surface area contributed by atoms with Gasteiger partial charge in [0.25, 0.3) is 5.91 Å². The van der Waals surface area contributed by atoms with E-state index in [1.165, 1.54) is 12.5 Å². The van der Waals surface area contributed by atoms with Crippen LogP contribution in [0.25, 0.3) is 10.9 Å². The molecular weight excluding hydrogens is 620 g/mol. The average Bonchev–Trinajstić information content (AvgIpc) is 3.62. The molecule has 1 aromatic heterocycles. The zero-order valence-electron chi connectivity index (χ0n) is 27.2. The van der Waals surface area contributed by atoms with Crippen LogP contribution in [-0.4, -0.2) is 57.1 Å². The van der Waals surface area contributed by atoms with Crippen LogP contribution in [0.4, 0.5) is 10.5 Å². The minimum atomic E-state index is -1.06. The molecule has 0 bridgehead atoms. The van der Waals surface area contributed by atoms with E-state index in [4.69, 9.17) is 16.3 Å². The van der Waals surface area contributed by atoms with Gasteiger partial charge in [-0.3, -0.25) is 9.59 Å². The van der Waals surface area contributed by atoms with E-state index >= 15 is 0 Å². The molecule has 10 nitrogen and oxygen atoms in total. The van der Waals surface area contributed by atoms with Gasteiger partial charge in [-0.2, -0.15) is 0 Å². The smallest absolute Gasteiger partial charge is 0.407 e. The predicted molar refractivity (Wildman–Crippen MR) is 180 cm³/mol. The molecule has 0 spiro atoms. The van der Waals surface area contributed by atoms with Gasteiger partial charge in [-0.1, -0.05) is 43.7 Å². The fourth-order valence-corrected chi connectivity index (χ4v) is 7.64. The molecule has 3 aromatic rings. The van der Waals surface area contributed by atoms with Crippen molar-refractivity contribution in [3.63, 3.8) is 0 Å². The van der Waals surface area contributed by atoms with Crippen molar-refractivity contribution in [1.82, 2.24) is 15.2 Å². The van der Waals surface area contributed by atoms with E-state index in [-0.39, 0.29) is 35.9 Å². The highest BCUT2D eigenvalue weighted by Crippen LogP contribution is 2.45. The van der Waals surface area contributed by atoms with E-state index in [2.05, 4.69) is 15.6 Å². The third-order valence-electron chi connectivity index (χ3n) is 9.65. The molecule has 6 rings (SSSR count). The number of carbonyl (C=O) groups is 4. The van der Waals surface area contributed by atoms with Crippen LogP contribution in [-0.2, 0) is 16.1 Å². The number of amides is 3. The number of aromatic amines is 1. The molecule has 47 heavy (non-hydrogen) atoms. The minimum absolute atomic E-state index is 0.0320. The summed E-state index contributed by atoms with van der Waals surface area (Å²) in [6.45, 7) is 6.06. The number of anilines is 1.